The molecular formula is C16H13NOS. The summed E-state index contributed by atoms with van der Waals surface area (Å²) in [6, 6.07) is 17.5. The van der Waals surface area contributed by atoms with E-state index < -0.39 is 0 Å². The highest BCUT2D eigenvalue weighted by Gasteiger charge is 2.11. The zero-order valence-corrected chi connectivity index (χ0v) is 11.2. The van der Waals surface area contributed by atoms with Crippen molar-refractivity contribution in [3.05, 3.63) is 70.5 Å². The topological polar surface area (TPSA) is 32.9 Å². The van der Waals surface area contributed by atoms with Crippen LogP contribution in [0.15, 0.2) is 59.4 Å². The third-order valence-electron chi connectivity index (χ3n) is 3.26. The highest BCUT2D eigenvalue weighted by atomic mass is 32.1. The van der Waals surface area contributed by atoms with Crippen LogP contribution in [0, 0.1) is 0 Å². The van der Waals surface area contributed by atoms with Crippen LogP contribution in [-0.4, -0.2) is 4.98 Å². The van der Waals surface area contributed by atoms with Crippen LogP contribution >= 0.6 is 12.6 Å². The maximum Gasteiger partial charge on any atom is 0.256 e. The first-order valence-electron chi connectivity index (χ1n) is 6.11. The molecule has 0 atom stereocenters. The molecule has 2 aromatic carbocycles. The lowest BCUT2D eigenvalue weighted by molar-refractivity contribution is 1.23. The van der Waals surface area contributed by atoms with Crippen LogP contribution in [0.25, 0.3) is 22.0 Å². The second kappa shape index (κ2) is 4.94. The van der Waals surface area contributed by atoms with Crippen molar-refractivity contribution in [1.82, 2.24) is 4.98 Å². The van der Waals surface area contributed by atoms with Crippen molar-refractivity contribution in [2.45, 2.75) is 5.75 Å². The first kappa shape index (κ1) is 12.1. The normalized spacial score (nSPS) is 10.8. The Morgan fingerprint density at radius 3 is 2.21 bits per heavy atom. The van der Waals surface area contributed by atoms with Gasteiger partial charge in [0.1, 0.15) is 0 Å². The van der Waals surface area contributed by atoms with Crippen LogP contribution in [-0.2, 0) is 5.75 Å². The van der Waals surface area contributed by atoms with Crippen LogP contribution in [0.3, 0.4) is 0 Å². The Bertz CT molecular complexity index is 778. The number of rotatable bonds is 2. The molecule has 0 unspecified atom stereocenters. The maximum absolute atomic E-state index is 12.2. The van der Waals surface area contributed by atoms with E-state index in [-0.39, 0.29) is 5.56 Å². The first-order chi connectivity index (χ1) is 9.31. The molecule has 0 spiro atoms. The van der Waals surface area contributed by atoms with E-state index in [1.54, 1.807) is 0 Å². The molecule has 3 rings (SSSR count). The van der Waals surface area contributed by atoms with Gasteiger partial charge in [-0.15, -0.1) is 0 Å². The van der Waals surface area contributed by atoms with Crippen molar-refractivity contribution in [2.24, 2.45) is 0 Å². The molecule has 19 heavy (non-hydrogen) atoms. The zero-order chi connectivity index (χ0) is 13.2. The number of aromatic nitrogens is 1. The van der Waals surface area contributed by atoms with E-state index in [9.17, 15) is 4.79 Å². The van der Waals surface area contributed by atoms with Gasteiger partial charge >= 0.3 is 0 Å². The summed E-state index contributed by atoms with van der Waals surface area (Å²) in [5.41, 5.74) is 2.87. The minimum atomic E-state index is -0.0556. The number of H-pyrrole nitrogens is 1. The summed E-state index contributed by atoms with van der Waals surface area (Å²) >= 11 is 4.42. The number of hydrogen-bond donors (Lipinski definition) is 2. The van der Waals surface area contributed by atoms with E-state index in [0.29, 0.717) is 11.1 Å². The number of nitrogens with one attached hydrogen (secondary N) is 1. The summed E-state index contributed by atoms with van der Waals surface area (Å²) in [7, 11) is 0. The molecule has 0 radical (unpaired) electrons. The lowest BCUT2D eigenvalue weighted by Crippen LogP contribution is -2.10. The standard InChI is InChI=1S/C16H13NOS/c18-16-13-9-5-4-8-12(13)14(10-19)15(17-16)11-6-2-1-3-7-11/h1-9,19H,10H2,(H,17,18). The Labute approximate surface area is 116 Å². The van der Waals surface area contributed by atoms with Gasteiger partial charge in [-0.3, -0.25) is 4.79 Å². The van der Waals surface area contributed by atoms with Gasteiger partial charge in [0.05, 0.1) is 5.69 Å². The molecule has 1 aromatic heterocycles. The summed E-state index contributed by atoms with van der Waals surface area (Å²) < 4.78 is 0. The summed E-state index contributed by atoms with van der Waals surface area (Å²) in [5.74, 6) is 0.585. The van der Waals surface area contributed by atoms with E-state index in [0.717, 1.165) is 22.2 Å². The minimum Gasteiger partial charge on any atom is -0.321 e. The first-order valence-corrected chi connectivity index (χ1v) is 6.74. The molecule has 0 fully saturated rings. The fraction of sp³-hybridized carbons (Fsp3) is 0.0625. The van der Waals surface area contributed by atoms with Crippen LogP contribution in [0.5, 0.6) is 0 Å². The Hall–Kier alpha value is -2.00. The molecular weight excluding hydrogens is 254 g/mol. The molecule has 3 aromatic rings. The van der Waals surface area contributed by atoms with E-state index in [1.807, 2.05) is 54.6 Å². The van der Waals surface area contributed by atoms with Crippen molar-refractivity contribution >= 4 is 23.4 Å². The van der Waals surface area contributed by atoms with Gasteiger partial charge in [-0.1, -0.05) is 48.5 Å². The number of thiol groups is 1. The number of pyridine rings is 1. The highest BCUT2D eigenvalue weighted by Crippen LogP contribution is 2.27. The molecule has 2 nitrogen and oxygen atoms in total. The van der Waals surface area contributed by atoms with Crippen LogP contribution < -0.4 is 5.56 Å². The fourth-order valence-electron chi connectivity index (χ4n) is 2.35. The molecule has 0 aliphatic carbocycles. The Morgan fingerprint density at radius 1 is 0.895 bits per heavy atom. The predicted molar refractivity (Wildman–Crippen MR) is 82.7 cm³/mol. The second-order valence-electron chi connectivity index (χ2n) is 4.38. The number of hydrogen-bond acceptors (Lipinski definition) is 2. The smallest absolute Gasteiger partial charge is 0.256 e. The van der Waals surface area contributed by atoms with Gasteiger partial charge in [0.2, 0.25) is 0 Å². The minimum absolute atomic E-state index is 0.0556. The predicted octanol–water partition coefficient (Wildman–Crippen LogP) is 3.62. The van der Waals surface area contributed by atoms with Gasteiger partial charge < -0.3 is 4.98 Å². The van der Waals surface area contributed by atoms with Gasteiger partial charge in [0.25, 0.3) is 5.56 Å². The van der Waals surface area contributed by atoms with Crippen molar-refractivity contribution < 1.29 is 0 Å². The molecule has 0 amide bonds. The highest BCUT2D eigenvalue weighted by molar-refractivity contribution is 7.79. The second-order valence-corrected chi connectivity index (χ2v) is 4.69. The lowest BCUT2D eigenvalue weighted by Gasteiger charge is -2.11. The van der Waals surface area contributed by atoms with Gasteiger partial charge in [0.15, 0.2) is 0 Å². The van der Waals surface area contributed by atoms with Crippen molar-refractivity contribution in [1.29, 1.82) is 0 Å². The van der Waals surface area contributed by atoms with E-state index in [1.165, 1.54) is 0 Å². The van der Waals surface area contributed by atoms with E-state index >= 15 is 0 Å². The van der Waals surface area contributed by atoms with Crippen molar-refractivity contribution in [2.75, 3.05) is 0 Å². The van der Waals surface area contributed by atoms with E-state index in [4.69, 9.17) is 0 Å². The average molecular weight is 267 g/mol. The van der Waals surface area contributed by atoms with Gasteiger partial charge in [-0.05, 0) is 22.6 Å². The third kappa shape index (κ3) is 2.06. The SMILES string of the molecule is O=c1[nH]c(-c2ccccc2)c(CS)c2ccccc12. The van der Waals surface area contributed by atoms with Crippen LogP contribution in [0.4, 0.5) is 0 Å². The lowest BCUT2D eigenvalue weighted by atomic mass is 10.0. The number of benzene rings is 2. The van der Waals surface area contributed by atoms with Gasteiger partial charge in [-0.25, -0.2) is 0 Å². The number of aromatic amines is 1. The maximum atomic E-state index is 12.2. The third-order valence-corrected chi connectivity index (χ3v) is 3.57. The summed E-state index contributed by atoms with van der Waals surface area (Å²) in [4.78, 5) is 15.1. The molecule has 1 heterocycles. The molecule has 0 saturated heterocycles. The number of fused-ring (bicyclic) bond motifs is 1. The molecule has 3 heteroatoms. The molecule has 0 saturated carbocycles. The van der Waals surface area contributed by atoms with E-state index in [2.05, 4.69) is 17.6 Å². The molecule has 0 aliphatic rings. The van der Waals surface area contributed by atoms with Crippen molar-refractivity contribution in [3.8, 4) is 11.3 Å². The molecule has 1 N–H and O–H groups in total. The zero-order valence-electron chi connectivity index (χ0n) is 10.3. The van der Waals surface area contributed by atoms with Gasteiger partial charge in [-0.2, -0.15) is 12.6 Å². The monoisotopic (exact) mass is 267 g/mol. The summed E-state index contributed by atoms with van der Waals surface area (Å²) in [5, 5.41) is 1.69. The Balaban J connectivity index is 2.41. The fourth-order valence-corrected chi connectivity index (χ4v) is 2.68. The van der Waals surface area contributed by atoms with Crippen molar-refractivity contribution in [3.63, 3.8) is 0 Å². The quantitative estimate of drug-likeness (QED) is 0.683. The molecule has 0 bridgehead atoms. The van der Waals surface area contributed by atoms with Crippen LogP contribution in [0.2, 0.25) is 0 Å². The molecule has 0 aliphatic heterocycles. The van der Waals surface area contributed by atoms with Gasteiger partial charge in [0, 0.05) is 11.1 Å². The average Bonchev–Trinajstić information content (AvgIpc) is 2.48. The molecule has 94 valence electrons. The van der Waals surface area contributed by atoms with Crippen LogP contribution in [0.1, 0.15) is 5.56 Å². The summed E-state index contributed by atoms with van der Waals surface area (Å²) in [6.07, 6.45) is 0. The summed E-state index contributed by atoms with van der Waals surface area (Å²) in [6.45, 7) is 0. The largest absolute Gasteiger partial charge is 0.321 e. The Morgan fingerprint density at radius 2 is 1.53 bits per heavy atom. The Kier molecular flexibility index (Phi) is 3.13.